The first-order valence-corrected chi connectivity index (χ1v) is 23.0. The van der Waals surface area contributed by atoms with Gasteiger partial charge in [0.05, 0.1) is 35.8 Å². The van der Waals surface area contributed by atoms with Crippen molar-refractivity contribution in [3.8, 4) is 23.0 Å². The molecule has 10 heteroatoms. The molecule has 0 aliphatic heterocycles. The van der Waals surface area contributed by atoms with Gasteiger partial charge in [-0.05, 0) is 95.5 Å². The molecule has 3 fully saturated rings. The molecule has 3 aliphatic rings. The van der Waals surface area contributed by atoms with Gasteiger partial charge in [-0.15, -0.1) is 0 Å². The van der Waals surface area contributed by atoms with Gasteiger partial charge in [0, 0.05) is 13.1 Å². The van der Waals surface area contributed by atoms with Crippen LogP contribution in [0.25, 0.3) is 0 Å². The largest absolute Gasteiger partial charge is 0.481 e. The number of para-hydroxylation sites is 2. The zero-order valence-electron chi connectivity index (χ0n) is 36.7. The molecule has 3 aliphatic carbocycles. The molecule has 0 saturated heterocycles. The summed E-state index contributed by atoms with van der Waals surface area (Å²) in [5, 5.41) is 21.7. The number of carbonyl (C=O) groups is 4. The van der Waals surface area contributed by atoms with Gasteiger partial charge in [-0.2, -0.15) is 0 Å². The van der Waals surface area contributed by atoms with Crippen molar-refractivity contribution in [2.24, 2.45) is 35.5 Å². The summed E-state index contributed by atoms with van der Waals surface area (Å²) in [4.78, 5) is 61.5. The van der Waals surface area contributed by atoms with E-state index in [0.29, 0.717) is 47.7 Å². The van der Waals surface area contributed by atoms with Crippen LogP contribution >= 0.6 is 0 Å². The molecule has 9 rings (SSSR count). The summed E-state index contributed by atoms with van der Waals surface area (Å²) in [6.07, 6.45) is 5.33. The SMILES string of the molecule is O=C(O)C1C(C(=O)O)C(C(=O)N(Cc2ccc(Oc3ccccc3)cc2)[C@H](CC2CC2)c2ccccc2)C1C(=O)N(Cc1ccc(Oc2ccccc2)cc1)[C@H](CC1CC1)c1ccccc1. The summed E-state index contributed by atoms with van der Waals surface area (Å²) < 4.78 is 12.1. The van der Waals surface area contributed by atoms with Crippen LogP contribution in [-0.4, -0.2) is 43.8 Å². The second kappa shape index (κ2) is 19.9. The Bertz CT molecular complexity index is 2400. The van der Waals surface area contributed by atoms with Crippen molar-refractivity contribution in [3.05, 3.63) is 192 Å². The van der Waals surface area contributed by atoms with E-state index in [2.05, 4.69) is 0 Å². The quantitative estimate of drug-likeness (QED) is 0.0774. The first-order valence-electron chi connectivity index (χ1n) is 23.0. The number of ether oxygens (including phenoxy) is 2. The molecule has 3 saturated carbocycles. The van der Waals surface area contributed by atoms with Crippen molar-refractivity contribution < 1.29 is 38.9 Å². The fraction of sp³-hybridized carbons (Fsp3) is 0.286. The second-order valence-electron chi connectivity index (χ2n) is 18.0. The number of hydrogen-bond acceptors (Lipinski definition) is 6. The minimum absolute atomic E-state index is 0.105. The summed E-state index contributed by atoms with van der Waals surface area (Å²) in [6, 6.07) is 52.2. The van der Waals surface area contributed by atoms with Crippen LogP contribution in [-0.2, 0) is 32.3 Å². The molecule has 0 bridgehead atoms. The summed E-state index contributed by atoms with van der Waals surface area (Å²) >= 11 is 0. The number of nitrogens with zero attached hydrogens (tertiary/aromatic N) is 2. The highest BCUT2D eigenvalue weighted by molar-refractivity contribution is 6.00. The molecule has 0 spiro atoms. The van der Waals surface area contributed by atoms with Gasteiger partial charge in [0.1, 0.15) is 23.0 Å². The first-order chi connectivity index (χ1) is 32.2. The van der Waals surface area contributed by atoms with Crippen LogP contribution in [0.5, 0.6) is 23.0 Å². The molecule has 0 aromatic heterocycles. The number of carboxylic acid groups (broad SMARTS) is 2. The molecule has 2 N–H and O–H groups in total. The van der Waals surface area contributed by atoms with Gasteiger partial charge >= 0.3 is 11.9 Å². The zero-order valence-corrected chi connectivity index (χ0v) is 36.7. The van der Waals surface area contributed by atoms with Gasteiger partial charge < -0.3 is 29.5 Å². The minimum atomic E-state index is -1.62. The van der Waals surface area contributed by atoms with Crippen LogP contribution in [0, 0.1) is 35.5 Å². The van der Waals surface area contributed by atoms with E-state index in [0.717, 1.165) is 47.9 Å². The van der Waals surface area contributed by atoms with E-state index < -0.39 is 59.5 Å². The van der Waals surface area contributed by atoms with Crippen LogP contribution in [0.3, 0.4) is 0 Å². The van der Waals surface area contributed by atoms with E-state index >= 15 is 9.59 Å². The lowest BCUT2D eigenvalue weighted by atomic mass is 9.55. The highest BCUT2D eigenvalue weighted by Crippen LogP contribution is 2.52. The van der Waals surface area contributed by atoms with Gasteiger partial charge in [-0.1, -0.05) is 147 Å². The number of hydrogen-bond donors (Lipinski definition) is 2. The maximum atomic E-state index is 15.7. The van der Waals surface area contributed by atoms with E-state index in [1.165, 1.54) is 0 Å². The van der Waals surface area contributed by atoms with Crippen LogP contribution < -0.4 is 9.47 Å². The number of rotatable bonds is 20. The van der Waals surface area contributed by atoms with Crippen LogP contribution in [0.2, 0.25) is 0 Å². The lowest BCUT2D eigenvalue weighted by Crippen LogP contribution is -2.64. The van der Waals surface area contributed by atoms with E-state index in [9.17, 15) is 19.8 Å². The average molecular weight is 883 g/mol. The Morgan fingerprint density at radius 2 is 0.727 bits per heavy atom. The predicted octanol–water partition coefficient (Wildman–Crippen LogP) is 11.4. The highest BCUT2D eigenvalue weighted by atomic mass is 16.5. The summed E-state index contributed by atoms with van der Waals surface area (Å²) in [5.74, 6) is -6.74. The van der Waals surface area contributed by atoms with Crippen molar-refractivity contribution in [2.45, 2.75) is 63.7 Å². The first kappa shape index (κ1) is 44.0. The van der Waals surface area contributed by atoms with Gasteiger partial charge in [0.2, 0.25) is 11.8 Å². The topological polar surface area (TPSA) is 134 Å². The lowest BCUT2D eigenvalue weighted by Gasteiger charge is -2.50. The Kier molecular flexibility index (Phi) is 13.3. The fourth-order valence-corrected chi connectivity index (χ4v) is 9.59. The number of amides is 2. The Balaban J connectivity index is 1.09. The third-order valence-electron chi connectivity index (χ3n) is 13.4. The minimum Gasteiger partial charge on any atom is -0.481 e. The number of carbonyl (C=O) groups excluding carboxylic acids is 2. The van der Waals surface area contributed by atoms with E-state index in [-0.39, 0.29) is 13.1 Å². The Labute approximate surface area is 385 Å². The number of aliphatic carboxylic acids is 2. The smallest absolute Gasteiger partial charge is 0.308 e. The summed E-state index contributed by atoms with van der Waals surface area (Å²) in [5.41, 5.74) is 3.33. The monoisotopic (exact) mass is 882 g/mol. The molecule has 336 valence electrons. The van der Waals surface area contributed by atoms with Gasteiger partial charge in [0.15, 0.2) is 0 Å². The maximum Gasteiger partial charge on any atom is 0.308 e. The van der Waals surface area contributed by atoms with Crippen molar-refractivity contribution >= 4 is 23.8 Å². The average Bonchev–Trinajstić information content (AvgIpc) is 4.28. The third-order valence-corrected chi connectivity index (χ3v) is 13.4. The molecular weight excluding hydrogens is 829 g/mol. The maximum absolute atomic E-state index is 15.7. The molecule has 4 unspecified atom stereocenters. The molecule has 0 heterocycles. The van der Waals surface area contributed by atoms with Crippen LogP contribution in [0.4, 0.5) is 0 Å². The molecule has 0 radical (unpaired) electrons. The van der Waals surface area contributed by atoms with E-state index in [1.54, 1.807) is 9.80 Å². The molecule has 6 aromatic carbocycles. The Morgan fingerprint density at radius 3 is 1.03 bits per heavy atom. The lowest BCUT2D eigenvalue weighted by molar-refractivity contribution is -0.189. The predicted molar refractivity (Wildman–Crippen MR) is 249 cm³/mol. The third kappa shape index (κ3) is 10.3. The second-order valence-corrected chi connectivity index (χ2v) is 18.0. The molecule has 66 heavy (non-hydrogen) atoms. The molecule has 6 aromatic rings. The molecule has 10 nitrogen and oxygen atoms in total. The standard InChI is InChI=1S/C56H54N2O8/c59-53(57(47(33-37-21-22-37)41-13-5-1-6-14-41)35-39-25-29-45(30-26-39)65-43-17-9-3-10-18-43)49-50(52(56(63)64)51(49)55(61)62)54(60)58(48(34-38-23-24-38)42-15-7-2-8-16-42)36-40-27-31-46(32-28-40)66-44-19-11-4-12-20-44/h1-20,25-32,37-38,47-52H,21-24,33-36H2,(H,61,62)(H,63,64)/t47-,48-,49?,50?,51?,52?/m1/s1. The fourth-order valence-electron chi connectivity index (χ4n) is 9.59. The van der Waals surface area contributed by atoms with Crippen molar-refractivity contribution in [1.82, 2.24) is 9.80 Å². The molecule has 2 amide bonds. The Hall–Kier alpha value is -7.20. The zero-order chi connectivity index (χ0) is 45.6. The summed E-state index contributed by atoms with van der Waals surface area (Å²) in [6.45, 7) is 0.210. The van der Waals surface area contributed by atoms with Crippen LogP contribution in [0.1, 0.15) is 72.9 Å². The summed E-state index contributed by atoms with van der Waals surface area (Å²) in [7, 11) is 0. The van der Waals surface area contributed by atoms with E-state index in [4.69, 9.17) is 9.47 Å². The number of benzene rings is 6. The van der Waals surface area contributed by atoms with Crippen molar-refractivity contribution in [1.29, 1.82) is 0 Å². The molecule has 6 atom stereocenters. The highest BCUT2D eigenvalue weighted by Gasteiger charge is 2.65. The van der Waals surface area contributed by atoms with Crippen molar-refractivity contribution in [2.75, 3.05) is 0 Å². The van der Waals surface area contributed by atoms with Crippen LogP contribution in [0.15, 0.2) is 170 Å². The van der Waals surface area contributed by atoms with Gasteiger partial charge in [0.25, 0.3) is 0 Å². The van der Waals surface area contributed by atoms with Crippen molar-refractivity contribution in [3.63, 3.8) is 0 Å². The Morgan fingerprint density at radius 1 is 0.424 bits per heavy atom. The van der Waals surface area contributed by atoms with E-state index in [1.807, 2.05) is 170 Å². The molecular formula is C56H54N2O8. The van der Waals surface area contributed by atoms with Gasteiger partial charge in [-0.25, -0.2) is 0 Å². The number of carboxylic acids is 2. The van der Waals surface area contributed by atoms with Gasteiger partial charge in [-0.3, -0.25) is 19.2 Å². The normalized spacial score (nSPS) is 19.6.